The van der Waals surface area contributed by atoms with E-state index in [2.05, 4.69) is 11.6 Å². The average molecular weight is 189 g/mol. The Morgan fingerprint density at radius 1 is 1.64 bits per heavy atom. The van der Waals surface area contributed by atoms with Crippen LogP contribution >= 0.6 is 0 Å². The van der Waals surface area contributed by atoms with Gasteiger partial charge in [0.05, 0.1) is 11.8 Å². The fraction of sp³-hybridized carbons (Fsp3) is 0.200. The van der Waals surface area contributed by atoms with E-state index in [1.165, 1.54) is 10.9 Å². The van der Waals surface area contributed by atoms with Crippen molar-refractivity contribution in [3.05, 3.63) is 41.6 Å². The van der Waals surface area contributed by atoms with Crippen molar-refractivity contribution < 1.29 is 0 Å². The molecular formula is C10H11N3O. The van der Waals surface area contributed by atoms with Crippen molar-refractivity contribution >= 4 is 11.0 Å². The van der Waals surface area contributed by atoms with Gasteiger partial charge in [-0.3, -0.25) is 4.79 Å². The van der Waals surface area contributed by atoms with Crippen LogP contribution in [-0.2, 0) is 13.6 Å². The van der Waals surface area contributed by atoms with Crippen molar-refractivity contribution in [3.8, 4) is 0 Å². The van der Waals surface area contributed by atoms with Crippen molar-refractivity contribution in [2.75, 3.05) is 0 Å². The largest absolute Gasteiger partial charge is 0.338 e. The summed E-state index contributed by atoms with van der Waals surface area (Å²) in [6.45, 7) is 4.27. The quantitative estimate of drug-likeness (QED) is 0.659. The van der Waals surface area contributed by atoms with Crippen LogP contribution in [0.1, 0.15) is 0 Å². The van der Waals surface area contributed by atoms with Crippen molar-refractivity contribution in [1.82, 2.24) is 14.1 Å². The highest BCUT2D eigenvalue weighted by molar-refractivity contribution is 5.74. The van der Waals surface area contributed by atoms with Gasteiger partial charge in [0.2, 0.25) is 0 Å². The molecule has 0 fully saturated rings. The van der Waals surface area contributed by atoms with Crippen molar-refractivity contribution in [3.63, 3.8) is 0 Å². The normalized spacial score (nSPS) is 10.6. The minimum absolute atomic E-state index is 0.0261. The summed E-state index contributed by atoms with van der Waals surface area (Å²) in [6.07, 6.45) is 5.13. The van der Waals surface area contributed by atoms with Gasteiger partial charge in [-0.2, -0.15) is 0 Å². The molecule has 0 N–H and O–H groups in total. The molecule has 72 valence electrons. The molecule has 2 aromatic rings. The van der Waals surface area contributed by atoms with Gasteiger partial charge in [-0.1, -0.05) is 6.08 Å². The van der Waals surface area contributed by atoms with E-state index < -0.39 is 0 Å². The maximum Gasteiger partial charge on any atom is 0.277 e. The third-order valence-corrected chi connectivity index (χ3v) is 2.16. The number of nitrogens with zero attached hydrogens (tertiary/aromatic N) is 3. The number of allylic oxidation sites excluding steroid dienone is 1. The van der Waals surface area contributed by atoms with Gasteiger partial charge in [-0.05, 0) is 6.07 Å². The third-order valence-electron chi connectivity index (χ3n) is 2.16. The summed E-state index contributed by atoms with van der Waals surface area (Å²) in [6, 6.07) is 1.83. The number of rotatable bonds is 2. The molecule has 0 saturated carbocycles. The predicted octanol–water partition coefficient (Wildman–Crippen LogP) is 0.921. The Morgan fingerprint density at radius 3 is 3.14 bits per heavy atom. The minimum Gasteiger partial charge on any atom is -0.338 e. The first kappa shape index (κ1) is 8.74. The Morgan fingerprint density at radius 2 is 2.43 bits per heavy atom. The van der Waals surface area contributed by atoms with Crippen LogP contribution < -0.4 is 5.56 Å². The molecule has 0 unspecified atom stereocenters. The second-order valence-electron chi connectivity index (χ2n) is 3.15. The highest BCUT2D eigenvalue weighted by Crippen LogP contribution is 2.07. The van der Waals surface area contributed by atoms with E-state index >= 15 is 0 Å². The van der Waals surface area contributed by atoms with Gasteiger partial charge in [0.15, 0.2) is 0 Å². The van der Waals surface area contributed by atoms with Crippen LogP contribution in [0, 0.1) is 0 Å². The molecule has 0 bridgehead atoms. The highest BCUT2D eigenvalue weighted by atomic mass is 16.1. The van der Waals surface area contributed by atoms with Crippen LogP contribution in [0.5, 0.6) is 0 Å². The SMILES string of the molecule is C=CCn1ccc2ncn(C)c(=O)c21. The maximum atomic E-state index is 11.8. The van der Waals surface area contributed by atoms with Crippen LogP contribution in [0.2, 0.25) is 0 Å². The van der Waals surface area contributed by atoms with Crippen LogP contribution in [0.3, 0.4) is 0 Å². The molecule has 14 heavy (non-hydrogen) atoms. The van der Waals surface area contributed by atoms with Crippen molar-refractivity contribution in [2.24, 2.45) is 7.05 Å². The molecule has 4 nitrogen and oxygen atoms in total. The predicted molar refractivity (Wildman–Crippen MR) is 55.2 cm³/mol. The molecule has 2 aromatic heterocycles. The zero-order valence-electron chi connectivity index (χ0n) is 7.97. The van der Waals surface area contributed by atoms with Gasteiger partial charge in [0, 0.05) is 19.8 Å². The van der Waals surface area contributed by atoms with E-state index in [0.29, 0.717) is 12.1 Å². The molecule has 0 aromatic carbocycles. The molecule has 0 spiro atoms. The van der Waals surface area contributed by atoms with Crippen LogP contribution in [-0.4, -0.2) is 14.1 Å². The van der Waals surface area contributed by atoms with Gasteiger partial charge >= 0.3 is 0 Å². The summed E-state index contributed by atoms with van der Waals surface area (Å²) in [5, 5.41) is 0. The molecule has 0 saturated heterocycles. The summed E-state index contributed by atoms with van der Waals surface area (Å²) >= 11 is 0. The van der Waals surface area contributed by atoms with Crippen LogP contribution in [0.4, 0.5) is 0 Å². The maximum absolute atomic E-state index is 11.8. The average Bonchev–Trinajstić information content (AvgIpc) is 2.57. The van der Waals surface area contributed by atoms with Gasteiger partial charge < -0.3 is 9.13 Å². The lowest BCUT2D eigenvalue weighted by Gasteiger charge is -2.01. The third kappa shape index (κ3) is 1.16. The van der Waals surface area contributed by atoms with Crippen LogP contribution in [0.15, 0.2) is 36.0 Å². The van der Waals surface area contributed by atoms with E-state index in [1.54, 1.807) is 13.1 Å². The summed E-state index contributed by atoms with van der Waals surface area (Å²) in [5.74, 6) is 0. The Bertz CT molecular complexity index is 536. The molecule has 0 radical (unpaired) electrons. The lowest BCUT2D eigenvalue weighted by Crippen LogP contribution is -2.19. The Kier molecular flexibility index (Phi) is 1.96. The first-order valence-electron chi connectivity index (χ1n) is 4.35. The standard InChI is InChI=1S/C10H11N3O/c1-3-5-13-6-4-8-9(13)10(14)12(2)7-11-8/h3-4,6-7H,1,5H2,2H3. The second-order valence-corrected chi connectivity index (χ2v) is 3.15. The van der Waals surface area contributed by atoms with Gasteiger partial charge in [0.1, 0.15) is 5.52 Å². The minimum atomic E-state index is -0.0261. The molecule has 2 heterocycles. The Balaban J connectivity index is 2.82. The molecule has 0 atom stereocenters. The highest BCUT2D eigenvalue weighted by Gasteiger charge is 2.05. The molecule has 2 rings (SSSR count). The van der Waals surface area contributed by atoms with Crippen molar-refractivity contribution in [2.45, 2.75) is 6.54 Å². The summed E-state index contributed by atoms with van der Waals surface area (Å²) < 4.78 is 3.32. The van der Waals surface area contributed by atoms with Gasteiger partial charge in [-0.25, -0.2) is 4.98 Å². The van der Waals surface area contributed by atoms with Gasteiger partial charge in [0.25, 0.3) is 5.56 Å². The van der Waals surface area contributed by atoms with E-state index in [9.17, 15) is 4.79 Å². The van der Waals surface area contributed by atoms with Crippen LogP contribution in [0.25, 0.3) is 11.0 Å². The number of aromatic nitrogens is 3. The molecule has 0 aliphatic carbocycles. The van der Waals surface area contributed by atoms with E-state index in [4.69, 9.17) is 0 Å². The molecule has 4 heteroatoms. The summed E-state index contributed by atoms with van der Waals surface area (Å²) in [7, 11) is 1.69. The zero-order chi connectivity index (χ0) is 10.1. The fourth-order valence-electron chi connectivity index (χ4n) is 1.46. The molecule has 0 aliphatic heterocycles. The van der Waals surface area contributed by atoms with E-state index in [1.807, 2.05) is 16.8 Å². The zero-order valence-corrected chi connectivity index (χ0v) is 7.97. The van der Waals surface area contributed by atoms with Gasteiger partial charge in [-0.15, -0.1) is 6.58 Å². The number of hydrogen-bond acceptors (Lipinski definition) is 2. The fourth-order valence-corrected chi connectivity index (χ4v) is 1.46. The first-order chi connectivity index (χ1) is 6.74. The second kappa shape index (κ2) is 3.14. The molecular weight excluding hydrogens is 178 g/mol. The Labute approximate surface area is 81.1 Å². The van der Waals surface area contributed by atoms with E-state index in [-0.39, 0.29) is 5.56 Å². The summed E-state index contributed by atoms with van der Waals surface area (Å²) in [4.78, 5) is 15.9. The number of hydrogen-bond donors (Lipinski definition) is 0. The topological polar surface area (TPSA) is 39.8 Å². The Hall–Kier alpha value is -1.84. The molecule has 0 aliphatic rings. The van der Waals surface area contributed by atoms with E-state index in [0.717, 1.165) is 5.52 Å². The smallest absolute Gasteiger partial charge is 0.277 e. The molecule has 0 amide bonds. The summed E-state index contributed by atoms with van der Waals surface area (Å²) in [5.41, 5.74) is 1.34. The first-order valence-corrected chi connectivity index (χ1v) is 4.35. The number of fused-ring (bicyclic) bond motifs is 1. The lowest BCUT2D eigenvalue weighted by atomic mass is 10.4. The number of aryl methyl sites for hydroxylation is 1. The monoisotopic (exact) mass is 189 g/mol. The lowest BCUT2D eigenvalue weighted by molar-refractivity contribution is 0.807. The van der Waals surface area contributed by atoms with Crippen molar-refractivity contribution in [1.29, 1.82) is 0 Å².